The van der Waals surface area contributed by atoms with Crippen LogP contribution in [0.1, 0.15) is 18.9 Å². The minimum absolute atomic E-state index is 0.0893. The highest BCUT2D eigenvalue weighted by atomic mass is 19.4. The molecule has 2 heterocycles. The number of aromatic nitrogens is 1. The molecule has 0 radical (unpaired) electrons. The van der Waals surface area contributed by atoms with E-state index in [1.54, 1.807) is 4.90 Å². The predicted octanol–water partition coefficient (Wildman–Crippen LogP) is 2.35. The molecule has 1 aliphatic rings. The Bertz CT molecular complexity index is 478. The van der Waals surface area contributed by atoms with Crippen LogP contribution < -0.4 is 10.2 Å². The highest BCUT2D eigenvalue weighted by Gasteiger charge is 2.35. The Balaban J connectivity index is 2.41. The van der Waals surface area contributed by atoms with Crippen LogP contribution in [0.4, 0.5) is 24.8 Å². The molecule has 4 nitrogen and oxygen atoms in total. The van der Waals surface area contributed by atoms with Crippen LogP contribution in [0.25, 0.3) is 0 Å². The van der Waals surface area contributed by atoms with Gasteiger partial charge < -0.3 is 15.3 Å². The molecule has 2 N–H and O–H groups in total. The standard InChI is InChI=1S/C13H18F3N3O/c1-8-3-4-19(10(8)7-20)12-6-9(13(14,15)16)5-11(17-2)18-12/h5-6,8,10,20H,3-4,7H2,1-2H3,(H,17,18). The predicted molar refractivity (Wildman–Crippen MR) is 70.8 cm³/mol. The Kier molecular flexibility index (Phi) is 4.08. The zero-order chi connectivity index (χ0) is 14.9. The smallest absolute Gasteiger partial charge is 0.394 e. The summed E-state index contributed by atoms with van der Waals surface area (Å²) in [5, 5.41) is 12.1. The van der Waals surface area contributed by atoms with E-state index in [0.29, 0.717) is 6.54 Å². The van der Waals surface area contributed by atoms with Gasteiger partial charge in [-0.2, -0.15) is 13.2 Å². The van der Waals surface area contributed by atoms with E-state index in [0.717, 1.165) is 18.6 Å². The molecule has 0 spiro atoms. The van der Waals surface area contributed by atoms with Crippen LogP contribution in [0.5, 0.6) is 0 Å². The second-order valence-corrected chi connectivity index (χ2v) is 5.06. The summed E-state index contributed by atoms with van der Waals surface area (Å²) in [7, 11) is 1.53. The fourth-order valence-electron chi connectivity index (χ4n) is 2.53. The number of rotatable bonds is 3. The first kappa shape index (κ1) is 14.9. The van der Waals surface area contributed by atoms with Gasteiger partial charge in [-0.05, 0) is 24.5 Å². The van der Waals surface area contributed by atoms with E-state index in [-0.39, 0.29) is 30.2 Å². The van der Waals surface area contributed by atoms with E-state index in [2.05, 4.69) is 10.3 Å². The van der Waals surface area contributed by atoms with E-state index in [1.165, 1.54) is 7.05 Å². The fraction of sp³-hybridized carbons (Fsp3) is 0.615. The highest BCUT2D eigenvalue weighted by molar-refractivity contribution is 5.52. The lowest BCUT2D eigenvalue weighted by molar-refractivity contribution is -0.137. The molecule has 20 heavy (non-hydrogen) atoms. The number of nitrogens with one attached hydrogen (secondary N) is 1. The van der Waals surface area contributed by atoms with E-state index >= 15 is 0 Å². The van der Waals surface area contributed by atoms with Crippen molar-refractivity contribution >= 4 is 11.6 Å². The van der Waals surface area contributed by atoms with Crippen LogP contribution in [0.15, 0.2) is 12.1 Å². The summed E-state index contributed by atoms with van der Waals surface area (Å²) in [6, 6.07) is 1.84. The second kappa shape index (κ2) is 5.47. The topological polar surface area (TPSA) is 48.4 Å². The largest absolute Gasteiger partial charge is 0.416 e. The Labute approximate surface area is 115 Å². The lowest BCUT2D eigenvalue weighted by Crippen LogP contribution is -2.36. The van der Waals surface area contributed by atoms with Crippen molar-refractivity contribution in [1.82, 2.24) is 4.98 Å². The summed E-state index contributed by atoms with van der Waals surface area (Å²) >= 11 is 0. The van der Waals surface area contributed by atoms with Gasteiger partial charge >= 0.3 is 6.18 Å². The molecule has 0 saturated carbocycles. The summed E-state index contributed by atoms with van der Waals surface area (Å²) in [5.41, 5.74) is -0.733. The van der Waals surface area contributed by atoms with E-state index in [1.807, 2.05) is 6.92 Å². The molecular weight excluding hydrogens is 271 g/mol. The molecular formula is C13H18F3N3O. The van der Waals surface area contributed by atoms with Gasteiger partial charge in [0.15, 0.2) is 0 Å². The second-order valence-electron chi connectivity index (χ2n) is 5.06. The van der Waals surface area contributed by atoms with Crippen LogP contribution in [-0.2, 0) is 6.18 Å². The van der Waals surface area contributed by atoms with Crippen molar-refractivity contribution in [3.63, 3.8) is 0 Å². The summed E-state index contributed by atoms with van der Waals surface area (Å²) in [4.78, 5) is 5.93. The number of halogens is 3. The third-order valence-electron chi connectivity index (χ3n) is 3.76. The van der Waals surface area contributed by atoms with Crippen molar-refractivity contribution in [2.75, 3.05) is 30.4 Å². The van der Waals surface area contributed by atoms with Gasteiger partial charge in [0.1, 0.15) is 11.6 Å². The number of aliphatic hydroxyl groups excluding tert-OH is 1. The fourth-order valence-corrected chi connectivity index (χ4v) is 2.53. The maximum atomic E-state index is 12.9. The minimum atomic E-state index is -4.41. The molecule has 1 fully saturated rings. The van der Waals surface area contributed by atoms with Gasteiger partial charge in [0, 0.05) is 13.6 Å². The molecule has 0 aromatic carbocycles. The molecule has 2 unspecified atom stereocenters. The normalized spacial score (nSPS) is 23.2. The van der Waals surface area contributed by atoms with Crippen molar-refractivity contribution in [2.45, 2.75) is 25.6 Å². The Hall–Kier alpha value is -1.50. The van der Waals surface area contributed by atoms with E-state index < -0.39 is 11.7 Å². The maximum Gasteiger partial charge on any atom is 0.416 e. The molecule has 2 atom stereocenters. The molecule has 1 aromatic rings. The molecule has 1 aromatic heterocycles. The molecule has 0 amide bonds. The highest BCUT2D eigenvalue weighted by Crippen LogP contribution is 2.35. The van der Waals surface area contributed by atoms with Gasteiger partial charge in [-0.25, -0.2) is 4.98 Å². The van der Waals surface area contributed by atoms with Crippen molar-refractivity contribution in [1.29, 1.82) is 0 Å². The van der Waals surface area contributed by atoms with Gasteiger partial charge in [0.05, 0.1) is 18.2 Å². The summed E-state index contributed by atoms with van der Waals surface area (Å²) in [6.45, 7) is 2.49. The third-order valence-corrected chi connectivity index (χ3v) is 3.76. The SMILES string of the molecule is CNc1cc(C(F)(F)F)cc(N2CCC(C)C2CO)n1. The van der Waals surface area contributed by atoms with Crippen molar-refractivity contribution in [2.24, 2.45) is 5.92 Å². The average Bonchev–Trinajstić information content (AvgIpc) is 2.78. The van der Waals surface area contributed by atoms with Crippen LogP contribution >= 0.6 is 0 Å². The lowest BCUT2D eigenvalue weighted by atomic mass is 10.0. The van der Waals surface area contributed by atoms with E-state index in [9.17, 15) is 18.3 Å². The third kappa shape index (κ3) is 2.82. The number of nitrogens with zero attached hydrogens (tertiary/aromatic N) is 2. The number of alkyl halides is 3. The summed E-state index contributed by atoms with van der Waals surface area (Å²) < 4.78 is 38.7. The lowest BCUT2D eigenvalue weighted by Gasteiger charge is -2.27. The molecule has 1 saturated heterocycles. The van der Waals surface area contributed by atoms with Gasteiger partial charge in [-0.1, -0.05) is 6.92 Å². The number of aliphatic hydroxyl groups is 1. The summed E-state index contributed by atoms with van der Waals surface area (Å²) in [5.74, 6) is 0.660. The number of hydrogen-bond acceptors (Lipinski definition) is 4. The zero-order valence-electron chi connectivity index (χ0n) is 11.4. The quantitative estimate of drug-likeness (QED) is 0.897. The monoisotopic (exact) mass is 289 g/mol. The molecule has 0 bridgehead atoms. The maximum absolute atomic E-state index is 12.9. The molecule has 1 aliphatic heterocycles. The molecule has 7 heteroatoms. The first-order valence-electron chi connectivity index (χ1n) is 6.51. The first-order valence-corrected chi connectivity index (χ1v) is 6.51. The summed E-state index contributed by atoms with van der Waals surface area (Å²) in [6.07, 6.45) is -3.58. The van der Waals surface area contributed by atoms with Gasteiger partial charge in [0.2, 0.25) is 0 Å². The first-order chi connectivity index (χ1) is 9.36. The van der Waals surface area contributed by atoms with E-state index in [4.69, 9.17) is 0 Å². The molecule has 0 aliphatic carbocycles. The van der Waals surface area contributed by atoms with Crippen LogP contribution in [0.3, 0.4) is 0 Å². The van der Waals surface area contributed by atoms with Crippen molar-refractivity contribution in [3.8, 4) is 0 Å². The zero-order valence-corrected chi connectivity index (χ0v) is 11.4. The Morgan fingerprint density at radius 2 is 2.15 bits per heavy atom. The average molecular weight is 289 g/mol. The number of anilines is 2. The molecule has 2 rings (SSSR count). The van der Waals surface area contributed by atoms with Gasteiger partial charge in [-0.3, -0.25) is 0 Å². The molecule has 112 valence electrons. The van der Waals surface area contributed by atoms with Crippen LogP contribution in [-0.4, -0.2) is 36.3 Å². The van der Waals surface area contributed by atoms with Gasteiger partial charge in [-0.15, -0.1) is 0 Å². The van der Waals surface area contributed by atoms with Gasteiger partial charge in [0.25, 0.3) is 0 Å². The van der Waals surface area contributed by atoms with Crippen molar-refractivity contribution < 1.29 is 18.3 Å². The Morgan fingerprint density at radius 1 is 1.45 bits per heavy atom. The number of pyridine rings is 1. The Morgan fingerprint density at radius 3 is 2.70 bits per heavy atom. The van der Waals surface area contributed by atoms with Crippen molar-refractivity contribution in [3.05, 3.63) is 17.7 Å². The minimum Gasteiger partial charge on any atom is -0.394 e. The van der Waals surface area contributed by atoms with Crippen LogP contribution in [0, 0.1) is 5.92 Å². The van der Waals surface area contributed by atoms with Crippen LogP contribution in [0.2, 0.25) is 0 Å². The number of hydrogen-bond donors (Lipinski definition) is 2.